The molecule has 1 atom stereocenters. The molecular weight excluding hydrogens is 238 g/mol. The number of hydrogen-bond donors (Lipinski definition) is 0. The van der Waals surface area contributed by atoms with Gasteiger partial charge in [-0.3, -0.25) is 4.79 Å². The van der Waals surface area contributed by atoms with Crippen LogP contribution in [0.5, 0.6) is 0 Å². The highest BCUT2D eigenvalue weighted by Gasteiger charge is 2.17. The molecule has 1 heterocycles. The van der Waals surface area contributed by atoms with Crippen LogP contribution in [-0.4, -0.2) is 28.9 Å². The van der Waals surface area contributed by atoms with Crippen molar-refractivity contribution in [2.24, 2.45) is 5.92 Å². The van der Waals surface area contributed by atoms with Gasteiger partial charge in [0.25, 0.3) is 5.91 Å². The molecule has 1 rings (SSSR count). The van der Waals surface area contributed by atoms with Crippen molar-refractivity contribution in [2.45, 2.75) is 13.8 Å². The SMILES string of the molecule is CCN(CC(C)C#N)C(=O)c1ccc(Cl)cn1. The highest BCUT2D eigenvalue weighted by Crippen LogP contribution is 2.09. The molecule has 90 valence electrons. The first kappa shape index (κ1) is 13.5. The summed E-state index contributed by atoms with van der Waals surface area (Å²) in [5.74, 6) is -0.363. The number of hydrogen-bond acceptors (Lipinski definition) is 3. The molecule has 0 bridgehead atoms. The number of nitrogens with zero attached hydrogens (tertiary/aromatic N) is 3. The third-order valence-corrected chi connectivity index (χ3v) is 2.55. The first-order valence-electron chi connectivity index (χ1n) is 5.39. The fraction of sp³-hybridized carbons (Fsp3) is 0.417. The molecule has 0 aromatic carbocycles. The molecule has 5 heteroatoms. The zero-order valence-electron chi connectivity index (χ0n) is 9.85. The lowest BCUT2D eigenvalue weighted by molar-refractivity contribution is 0.0747. The minimum absolute atomic E-state index is 0.175. The predicted molar refractivity (Wildman–Crippen MR) is 65.6 cm³/mol. The zero-order chi connectivity index (χ0) is 12.8. The topological polar surface area (TPSA) is 57.0 Å². The van der Waals surface area contributed by atoms with Gasteiger partial charge in [-0.2, -0.15) is 5.26 Å². The molecular formula is C12H14ClN3O. The first-order valence-corrected chi connectivity index (χ1v) is 5.76. The van der Waals surface area contributed by atoms with Gasteiger partial charge in [-0.1, -0.05) is 11.6 Å². The van der Waals surface area contributed by atoms with Gasteiger partial charge in [-0.15, -0.1) is 0 Å². The monoisotopic (exact) mass is 251 g/mol. The summed E-state index contributed by atoms with van der Waals surface area (Å²) in [5, 5.41) is 9.24. The van der Waals surface area contributed by atoms with Crippen molar-refractivity contribution in [2.75, 3.05) is 13.1 Å². The number of halogens is 1. The van der Waals surface area contributed by atoms with Crippen LogP contribution in [0.4, 0.5) is 0 Å². The fourth-order valence-electron chi connectivity index (χ4n) is 1.39. The van der Waals surface area contributed by atoms with Crippen molar-refractivity contribution >= 4 is 17.5 Å². The summed E-state index contributed by atoms with van der Waals surface area (Å²) in [4.78, 5) is 17.6. The Balaban J connectivity index is 2.79. The normalized spacial score (nSPS) is 11.6. The van der Waals surface area contributed by atoms with E-state index in [9.17, 15) is 4.79 Å². The maximum atomic E-state index is 12.0. The lowest BCUT2D eigenvalue weighted by atomic mass is 10.2. The summed E-state index contributed by atoms with van der Waals surface area (Å²) >= 11 is 5.71. The van der Waals surface area contributed by atoms with E-state index < -0.39 is 0 Å². The van der Waals surface area contributed by atoms with E-state index in [1.165, 1.54) is 6.20 Å². The number of pyridine rings is 1. The van der Waals surface area contributed by atoms with Gasteiger partial charge in [0.1, 0.15) is 5.69 Å². The van der Waals surface area contributed by atoms with Crippen LogP contribution in [-0.2, 0) is 0 Å². The Bertz CT molecular complexity index is 424. The van der Waals surface area contributed by atoms with Gasteiger partial charge < -0.3 is 4.90 Å². The first-order chi connectivity index (χ1) is 8.08. The minimum atomic E-state index is -0.189. The Morgan fingerprint density at radius 3 is 2.82 bits per heavy atom. The van der Waals surface area contributed by atoms with Gasteiger partial charge in [0.15, 0.2) is 0 Å². The number of amides is 1. The van der Waals surface area contributed by atoms with Gasteiger partial charge in [-0.05, 0) is 26.0 Å². The molecule has 0 radical (unpaired) electrons. The van der Waals surface area contributed by atoms with Gasteiger partial charge in [0.2, 0.25) is 0 Å². The van der Waals surface area contributed by atoms with Crippen LogP contribution in [0.2, 0.25) is 5.02 Å². The van der Waals surface area contributed by atoms with Gasteiger partial charge >= 0.3 is 0 Å². The van der Waals surface area contributed by atoms with E-state index in [1.807, 2.05) is 6.92 Å². The maximum absolute atomic E-state index is 12.0. The molecule has 0 spiro atoms. The van der Waals surface area contributed by atoms with E-state index in [1.54, 1.807) is 24.0 Å². The quantitative estimate of drug-likeness (QED) is 0.825. The molecule has 0 N–H and O–H groups in total. The van der Waals surface area contributed by atoms with E-state index in [4.69, 9.17) is 16.9 Å². The van der Waals surface area contributed by atoms with E-state index in [0.717, 1.165) is 0 Å². The molecule has 0 fully saturated rings. The summed E-state index contributed by atoms with van der Waals surface area (Å²) < 4.78 is 0. The Hall–Kier alpha value is -1.60. The third kappa shape index (κ3) is 3.72. The highest BCUT2D eigenvalue weighted by atomic mass is 35.5. The van der Waals surface area contributed by atoms with Gasteiger partial charge in [-0.25, -0.2) is 4.98 Å². The average Bonchev–Trinajstić information content (AvgIpc) is 2.35. The Morgan fingerprint density at radius 1 is 1.65 bits per heavy atom. The van der Waals surface area contributed by atoms with Crippen molar-refractivity contribution in [3.8, 4) is 6.07 Å². The van der Waals surface area contributed by atoms with Crippen LogP contribution >= 0.6 is 11.6 Å². The van der Waals surface area contributed by atoms with Crippen LogP contribution in [0.25, 0.3) is 0 Å². The van der Waals surface area contributed by atoms with Crippen molar-refractivity contribution in [3.63, 3.8) is 0 Å². The molecule has 0 aliphatic heterocycles. The smallest absolute Gasteiger partial charge is 0.272 e. The Labute approximate surface area is 106 Å². The lowest BCUT2D eigenvalue weighted by Crippen LogP contribution is -2.34. The van der Waals surface area contributed by atoms with Crippen LogP contribution < -0.4 is 0 Å². The second kappa shape index (κ2) is 6.21. The average molecular weight is 252 g/mol. The fourth-order valence-corrected chi connectivity index (χ4v) is 1.50. The molecule has 1 aromatic rings. The Morgan fingerprint density at radius 2 is 2.35 bits per heavy atom. The highest BCUT2D eigenvalue weighted by molar-refractivity contribution is 6.30. The number of rotatable bonds is 4. The van der Waals surface area contributed by atoms with Gasteiger partial charge in [0.05, 0.1) is 17.0 Å². The molecule has 1 aromatic heterocycles. The van der Waals surface area contributed by atoms with Crippen molar-refractivity contribution < 1.29 is 4.79 Å². The summed E-state index contributed by atoms with van der Waals surface area (Å²) in [6.45, 7) is 4.62. The Kier molecular flexibility index (Phi) is 4.92. The molecule has 0 aliphatic carbocycles. The number of carbonyl (C=O) groups is 1. The second-order valence-electron chi connectivity index (χ2n) is 3.74. The molecule has 0 aliphatic rings. The van der Waals surface area contributed by atoms with E-state index in [-0.39, 0.29) is 11.8 Å². The number of aromatic nitrogens is 1. The summed E-state index contributed by atoms with van der Waals surface area (Å²) in [6.07, 6.45) is 1.44. The van der Waals surface area contributed by atoms with Crippen molar-refractivity contribution in [1.82, 2.24) is 9.88 Å². The predicted octanol–water partition coefficient (Wildman–Crippen LogP) is 2.36. The molecule has 0 saturated heterocycles. The zero-order valence-corrected chi connectivity index (χ0v) is 10.6. The maximum Gasteiger partial charge on any atom is 0.272 e. The van der Waals surface area contributed by atoms with Crippen LogP contribution in [0.1, 0.15) is 24.3 Å². The van der Waals surface area contributed by atoms with E-state index in [2.05, 4.69) is 11.1 Å². The summed E-state index contributed by atoms with van der Waals surface area (Å²) in [7, 11) is 0. The summed E-state index contributed by atoms with van der Waals surface area (Å²) in [6, 6.07) is 5.33. The minimum Gasteiger partial charge on any atom is -0.336 e. The standard InChI is InChI=1S/C12H14ClN3O/c1-3-16(8-9(2)6-14)12(17)11-5-4-10(13)7-15-11/h4-5,7,9H,3,8H2,1-2H3. The number of carbonyl (C=O) groups excluding carboxylic acids is 1. The molecule has 1 unspecified atom stereocenters. The molecule has 17 heavy (non-hydrogen) atoms. The van der Waals surface area contributed by atoms with Crippen molar-refractivity contribution in [3.05, 3.63) is 29.0 Å². The van der Waals surface area contributed by atoms with Crippen LogP contribution in [0, 0.1) is 17.2 Å². The molecule has 0 saturated carbocycles. The van der Waals surface area contributed by atoms with E-state index in [0.29, 0.717) is 23.8 Å². The van der Waals surface area contributed by atoms with Gasteiger partial charge in [0, 0.05) is 19.3 Å². The second-order valence-corrected chi connectivity index (χ2v) is 4.17. The van der Waals surface area contributed by atoms with Crippen LogP contribution in [0.15, 0.2) is 18.3 Å². The molecule has 4 nitrogen and oxygen atoms in total. The molecule has 1 amide bonds. The van der Waals surface area contributed by atoms with Crippen LogP contribution in [0.3, 0.4) is 0 Å². The number of nitriles is 1. The third-order valence-electron chi connectivity index (χ3n) is 2.33. The largest absolute Gasteiger partial charge is 0.336 e. The van der Waals surface area contributed by atoms with E-state index >= 15 is 0 Å². The lowest BCUT2D eigenvalue weighted by Gasteiger charge is -2.21. The summed E-state index contributed by atoms with van der Waals surface area (Å²) in [5.41, 5.74) is 0.349. The van der Waals surface area contributed by atoms with Crippen molar-refractivity contribution in [1.29, 1.82) is 5.26 Å².